The average Bonchev–Trinajstić information content (AvgIpc) is 2.55. The topological polar surface area (TPSA) is 40.2 Å². The second kappa shape index (κ2) is 3.95. The molecule has 0 spiro atoms. The number of aryl methyl sites for hydroxylation is 1. The van der Waals surface area contributed by atoms with Crippen LogP contribution in [0.4, 0.5) is 5.69 Å². The van der Waals surface area contributed by atoms with Gasteiger partial charge in [-0.25, -0.2) is 0 Å². The normalized spacial score (nSPS) is 11.1. The molecular weight excluding hydrogens is 188 g/mol. The summed E-state index contributed by atoms with van der Waals surface area (Å²) in [5.41, 5.74) is 8.97. The molecule has 1 aromatic heterocycles. The van der Waals surface area contributed by atoms with Gasteiger partial charge in [-0.2, -0.15) is 0 Å². The highest BCUT2D eigenvalue weighted by Crippen LogP contribution is 2.22. The molecule has 0 atom stereocenters. The summed E-state index contributed by atoms with van der Waals surface area (Å²) in [5.74, 6) is 0. The summed E-state index contributed by atoms with van der Waals surface area (Å²) in [5, 5.41) is 1.22. The molecule has 1 heterocycles. The van der Waals surface area contributed by atoms with E-state index in [-0.39, 0.29) is 0 Å². The lowest BCUT2D eigenvalue weighted by Crippen LogP contribution is -2.01. The smallest absolute Gasteiger partial charge is 0.0864 e. The molecule has 2 rings (SSSR count). The minimum atomic E-state index is 0.641. The van der Waals surface area contributed by atoms with Gasteiger partial charge >= 0.3 is 0 Å². The fourth-order valence-corrected chi connectivity index (χ4v) is 1.97. The number of anilines is 1. The van der Waals surface area contributed by atoms with Crippen LogP contribution in [0.15, 0.2) is 24.3 Å². The third-order valence-corrected chi connectivity index (χ3v) is 2.62. The van der Waals surface area contributed by atoms with Gasteiger partial charge in [0.2, 0.25) is 0 Å². The Kier molecular flexibility index (Phi) is 2.64. The van der Waals surface area contributed by atoms with Gasteiger partial charge in [0.15, 0.2) is 0 Å². The van der Waals surface area contributed by atoms with Crippen LogP contribution in [-0.4, -0.2) is 11.7 Å². The van der Waals surface area contributed by atoms with Crippen LogP contribution in [0.1, 0.15) is 12.6 Å². The molecule has 0 aliphatic rings. The lowest BCUT2D eigenvalue weighted by Gasteiger charge is -2.06. The summed E-state index contributed by atoms with van der Waals surface area (Å²) in [6, 6.07) is 8.15. The molecule has 3 nitrogen and oxygen atoms in total. The number of nitrogens with zero attached hydrogens (tertiary/aromatic N) is 1. The highest BCUT2D eigenvalue weighted by Gasteiger charge is 2.06. The fourth-order valence-electron chi connectivity index (χ4n) is 1.97. The molecule has 2 aromatic rings. The number of methoxy groups -OCH3 is 1. The lowest BCUT2D eigenvalue weighted by atomic mass is 10.2. The largest absolute Gasteiger partial charge is 0.399 e. The van der Waals surface area contributed by atoms with Crippen LogP contribution in [0.25, 0.3) is 10.9 Å². The van der Waals surface area contributed by atoms with Gasteiger partial charge in [0.1, 0.15) is 0 Å². The number of hydrogen-bond acceptors (Lipinski definition) is 2. The van der Waals surface area contributed by atoms with E-state index in [1.165, 1.54) is 16.6 Å². The molecule has 1 aromatic carbocycles. The number of aromatic nitrogens is 1. The maximum Gasteiger partial charge on any atom is 0.0864 e. The van der Waals surface area contributed by atoms with Crippen molar-refractivity contribution in [3.63, 3.8) is 0 Å². The molecule has 80 valence electrons. The number of ether oxygens (including phenoxy) is 1. The number of nitrogen functional groups attached to an aromatic ring is 1. The highest BCUT2D eigenvalue weighted by atomic mass is 16.5. The van der Waals surface area contributed by atoms with Gasteiger partial charge < -0.3 is 15.0 Å². The van der Waals surface area contributed by atoms with Crippen LogP contribution in [0, 0.1) is 0 Å². The van der Waals surface area contributed by atoms with Gasteiger partial charge in [0, 0.05) is 30.4 Å². The Morgan fingerprint density at radius 1 is 1.33 bits per heavy atom. The molecule has 0 saturated carbocycles. The van der Waals surface area contributed by atoms with Crippen molar-refractivity contribution in [2.45, 2.75) is 20.1 Å². The zero-order chi connectivity index (χ0) is 10.8. The fraction of sp³-hybridized carbons (Fsp3) is 0.333. The third-order valence-electron chi connectivity index (χ3n) is 2.62. The molecule has 0 bridgehead atoms. The second-order valence-corrected chi connectivity index (χ2v) is 3.63. The predicted molar refractivity (Wildman–Crippen MR) is 62.7 cm³/mol. The molecule has 0 saturated heterocycles. The molecule has 2 N–H and O–H groups in total. The highest BCUT2D eigenvalue weighted by molar-refractivity contribution is 5.84. The quantitative estimate of drug-likeness (QED) is 0.780. The van der Waals surface area contributed by atoms with Crippen molar-refractivity contribution in [1.82, 2.24) is 4.57 Å². The number of rotatable bonds is 3. The van der Waals surface area contributed by atoms with E-state index in [0.29, 0.717) is 6.61 Å². The average molecular weight is 204 g/mol. The molecule has 3 heteroatoms. The van der Waals surface area contributed by atoms with Crippen LogP contribution in [-0.2, 0) is 17.9 Å². The molecule has 0 unspecified atom stereocenters. The van der Waals surface area contributed by atoms with E-state index < -0.39 is 0 Å². The second-order valence-electron chi connectivity index (χ2n) is 3.63. The van der Waals surface area contributed by atoms with Gasteiger partial charge in [-0.05, 0) is 25.1 Å². The van der Waals surface area contributed by atoms with Gasteiger partial charge in [-0.15, -0.1) is 0 Å². The number of hydrogen-bond donors (Lipinski definition) is 1. The monoisotopic (exact) mass is 204 g/mol. The van der Waals surface area contributed by atoms with E-state index in [1.807, 2.05) is 12.1 Å². The van der Waals surface area contributed by atoms with E-state index in [4.69, 9.17) is 10.5 Å². The van der Waals surface area contributed by atoms with Crippen molar-refractivity contribution in [3.8, 4) is 0 Å². The van der Waals surface area contributed by atoms with Crippen molar-refractivity contribution in [2.24, 2.45) is 0 Å². The Bertz CT molecular complexity index is 474. The van der Waals surface area contributed by atoms with E-state index in [0.717, 1.165) is 12.2 Å². The summed E-state index contributed by atoms with van der Waals surface area (Å²) in [4.78, 5) is 0. The van der Waals surface area contributed by atoms with Crippen molar-refractivity contribution in [3.05, 3.63) is 30.0 Å². The molecule has 0 amide bonds. The first-order valence-corrected chi connectivity index (χ1v) is 5.13. The summed E-state index contributed by atoms with van der Waals surface area (Å²) < 4.78 is 7.41. The summed E-state index contributed by atoms with van der Waals surface area (Å²) in [6.07, 6.45) is 0. The molecule has 0 radical (unpaired) electrons. The molecule has 15 heavy (non-hydrogen) atoms. The lowest BCUT2D eigenvalue weighted by molar-refractivity contribution is 0.178. The maximum absolute atomic E-state index is 5.79. The van der Waals surface area contributed by atoms with Crippen molar-refractivity contribution >= 4 is 16.6 Å². The van der Waals surface area contributed by atoms with Gasteiger partial charge in [0.25, 0.3) is 0 Å². The van der Waals surface area contributed by atoms with Crippen LogP contribution < -0.4 is 5.73 Å². The number of fused-ring (bicyclic) bond motifs is 1. The minimum absolute atomic E-state index is 0.641. The zero-order valence-electron chi connectivity index (χ0n) is 9.16. The number of benzene rings is 1. The SMILES string of the molecule is CCn1c(COC)cc2ccc(N)cc21. The van der Waals surface area contributed by atoms with Gasteiger partial charge in [-0.1, -0.05) is 6.07 Å². The Morgan fingerprint density at radius 2 is 2.13 bits per heavy atom. The Labute approximate surface area is 89.4 Å². The zero-order valence-corrected chi connectivity index (χ0v) is 9.16. The standard InChI is InChI=1S/C12H16N2O/c1-3-14-11(8-15-2)6-9-4-5-10(13)7-12(9)14/h4-7H,3,8,13H2,1-2H3. The minimum Gasteiger partial charge on any atom is -0.399 e. The van der Waals surface area contributed by atoms with Crippen LogP contribution >= 0.6 is 0 Å². The van der Waals surface area contributed by atoms with Crippen molar-refractivity contribution < 1.29 is 4.74 Å². The first-order chi connectivity index (χ1) is 7.26. The molecule has 0 aliphatic carbocycles. The van der Waals surface area contributed by atoms with E-state index >= 15 is 0 Å². The molecular formula is C12H16N2O. The first-order valence-electron chi connectivity index (χ1n) is 5.13. The van der Waals surface area contributed by atoms with E-state index in [1.54, 1.807) is 7.11 Å². The first kappa shape index (κ1) is 10.1. The molecule has 0 aliphatic heterocycles. The third kappa shape index (κ3) is 1.70. The van der Waals surface area contributed by atoms with Crippen LogP contribution in [0.3, 0.4) is 0 Å². The Balaban J connectivity index is 2.63. The number of nitrogens with two attached hydrogens (primary N) is 1. The molecule has 0 fully saturated rings. The van der Waals surface area contributed by atoms with Crippen LogP contribution in [0.2, 0.25) is 0 Å². The summed E-state index contributed by atoms with van der Waals surface area (Å²) in [6.45, 7) is 3.70. The summed E-state index contributed by atoms with van der Waals surface area (Å²) >= 11 is 0. The summed E-state index contributed by atoms with van der Waals surface area (Å²) in [7, 11) is 1.71. The van der Waals surface area contributed by atoms with Crippen molar-refractivity contribution in [2.75, 3.05) is 12.8 Å². The van der Waals surface area contributed by atoms with E-state index in [9.17, 15) is 0 Å². The van der Waals surface area contributed by atoms with Gasteiger partial charge in [-0.3, -0.25) is 0 Å². The van der Waals surface area contributed by atoms with E-state index in [2.05, 4.69) is 23.6 Å². The van der Waals surface area contributed by atoms with Gasteiger partial charge in [0.05, 0.1) is 12.1 Å². The Morgan fingerprint density at radius 3 is 2.80 bits per heavy atom. The maximum atomic E-state index is 5.79. The predicted octanol–water partition coefficient (Wildman–Crippen LogP) is 2.39. The Hall–Kier alpha value is -1.48. The van der Waals surface area contributed by atoms with Crippen LogP contribution in [0.5, 0.6) is 0 Å². The van der Waals surface area contributed by atoms with Crippen molar-refractivity contribution in [1.29, 1.82) is 0 Å².